The maximum absolute atomic E-state index is 11.9. The third-order valence-corrected chi connectivity index (χ3v) is 3.54. The van der Waals surface area contributed by atoms with Crippen molar-refractivity contribution in [1.29, 1.82) is 0 Å². The molecule has 2 aromatic heterocycles. The second-order valence-corrected chi connectivity index (χ2v) is 6.19. The summed E-state index contributed by atoms with van der Waals surface area (Å²) in [5.74, 6) is 1.63. The highest BCUT2D eigenvalue weighted by Gasteiger charge is 2.12. The van der Waals surface area contributed by atoms with Crippen LogP contribution < -0.4 is 5.32 Å². The Morgan fingerprint density at radius 1 is 1.30 bits per heavy atom. The van der Waals surface area contributed by atoms with Crippen LogP contribution in [0.2, 0.25) is 0 Å². The summed E-state index contributed by atoms with van der Waals surface area (Å²) in [5.41, 5.74) is 0.800. The largest absolute Gasteiger partial charge is 0.354 e. The number of aromatic nitrogens is 3. The molecule has 6 nitrogen and oxygen atoms in total. The predicted molar refractivity (Wildman–Crippen MR) is 87.5 cm³/mol. The van der Waals surface area contributed by atoms with Crippen LogP contribution in [0.5, 0.6) is 0 Å². The van der Waals surface area contributed by atoms with Crippen LogP contribution in [0.15, 0.2) is 29.0 Å². The van der Waals surface area contributed by atoms with Crippen LogP contribution >= 0.6 is 0 Å². The van der Waals surface area contributed by atoms with Gasteiger partial charge in [-0.15, -0.1) is 0 Å². The van der Waals surface area contributed by atoms with Gasteiger partial charge in [-0.2, -0.15) is 4.98 Å². The molecule has 23 heavy (non-hydrogen) atoms. The minimum atomic E-state index is 0.0161. The van der Waals surface area contributed by atoms with E-state index in [-0.39, 0.29) is 11.9 Å². The molecule has 0 fully saturated rings. The van der Waals surface area contributed by atoms with E-state index in [2.05, 4.69) is 34.3 Å². The molecule has 0 saturated carbocycles. The molecule has 0 saturated heterocycles. The molecule has 0 aliphatic heterocycles. The number of carbonyl (C=O) groups excluding carboxylic acids is 1. The lowest BCUT2D eigenvalue weighted by Gasteiger charge is -2.14. The molecule has 6 heteroatoms. The fourth-order valence-corrected chi connectivity index (χ4v) is 2.19. The van der Waals surface area contributed by atoms with Gasteiger partial charge in [0.25, 0.3) is 0 Å². The van der Waals surface area contributed by atoms with Gasteiger partial charge in [0, 0.05) is 36.8 Å². The number of carbonyl (C=O) groups is 1. The fraction of sp³-hybridized carbons (Fsp3) is 0.529. The van der Waals surface area contributed by atoms with Crippen LogP contribution in [-0.2, 0) is 11.2 Å². The first kappa shape index (κ1) is 17.1. The van der Waals surface area contributed by atoms with E-state index < -0.39 is 0 Å². The molecule has 0 unspecified atom stereocenters. The maximum atomic E-state index is 11.9. The summed E-state index contributed by atoms with van der Waals surface area (Å²) in [6.45, 7) is 6.40. The lowest BCUT2D eigenvalue weighted by Crippen LogP contribution is -2.32. The van der Waals surface area contributed by atoms with E-state index in [0.29, 0.717) is 30.5 Å². The van der Waals surface area contributed by atoms with Gasteiger partial charge >= 0.3 is 0 Å². The molecule has 2 aromatic rings. The molecule has 0 spiro atoms. The average molecular weight is 316 g/mol. The summed E-state index contributed by atoms with van der Waals surface area (Å²) < 4.78 is 5.18. The van der Waals surface area contributed by atoms with E-state index in [4.69, 9.17) is 4.52 Å². The minimum absolute atomic E-state index is 0.0161. The van der Waals surface area contributed by atoms with Crippen molar-refractivity contribution in [1.82, 2.24) is 20.4 Å². The molecule has 2 heterocycles. The molecule has 2 rings (SSSR count). The van der Waals surface area contributed by atoms with Crippen LogP contribution in [0.4, 0.5) is 0 Å². The number of nitrogens with one attached hydrogen (secondary N) is 1. The van der Waals surface area contributed by atoms with E-state index in [1.807, 2.05) is 19.1 Å². The topological polar surface area (TPSA) is 80.9 Å². The molecular weight excluding hydrogens is 292 g/mol. The Hall–Kier alpha value is -2.24. The molecule has 1 atom stereocenters. The van der Waals surface area contributed by atoms with E-state index >= 15 is 0 Å². The number of amides is 1. The second kappa shape index (κ2) is 8.41. The van der Waals surface area contributed by atoms with Gasteiger partial charge in [0.1, 0.15) is 0 Å². The zero-order valence-electron chi connectivity index (χ0n) is 14.0. The Morgan fingerprint density at radius 3 is 2.83 bits per heavy atom. The lowest BCUT2D eigenvalue weighted by molar-refractivity contribution is -0.121. The van der Waals surface area contributed by atoms with Crippen molar-refractivity contribution in [2.24, 2.45) is 5.92 Å². The predicted octanol–water partition coefficient (Wildman–Crippen LogP) is 3.01. The van der Waals surface area contributed by atoms with Crippen molar-refractivity contribution in [3.8, 4) is 11.4 Å². The quantitative estimate of drug-likeness (QED) is 0.809. The summed E-state index contributed by atoms with van der Waals surface area (Å²) in [6.07, 6.45) is 6.26. The Balaban J connectivity index is 1.78. The van der Waals surface area contributed by atoms with Crippen LogP contribution in [0.1, 0.15) is 45.9 Å². The normalized spacial score (nSPS) is 12.3. The average Bonchev–Trinajstić information content (AvgIpc) is 3.01. The molecule has 124 valence electrons. The molecule has 1 N–H and O–H groups in total. The number of nitrogens with zero attached hydrogens (tertiary/aromatic N) is 3. The van der Waals surface area contributed by atoms with Crippen LogP contribution in [0, 0.1) is 5.92 Å². The summed E-state index contributed by atoms with van der Waals surface area (Å²) in [5, 5.41) is 6.92. The minimum Gasteiger partial charge on any atom is -0.354 e. The van der Waals surface area contributed by atoms with Crippen molar-refractivity contribution in [2.45, 2.75) is 52.5 Å². The summed E-state index contributed by atoms with van der Waals surface area (Å²) in [4.78, 5) is 20.3. The summed E-state index contributed by atoms with van der Waals surface area (Å²) in [6, 6.07) is 3.88. The maximum Gasteiger partial charge on any atom is 0.227 e. The van der Waals surface area contributed by atoms with E-state index in [1.54, 1.807) is 12.4 Å². The van der Waals surface area contributed by atoms with Gasteiger partial charge in [-0.1, -0.05) is 19.0 Å². The summed E-state index contributed by atoms with van der Waals surface area (Å²) in [7, 11) is 0. The van der Waals surface area contributed by atoms with Crippen molar-refractivity contribution < 1.29 is 9.32 Å². The lowest BCUT2D eigenvalue weighted by atomic mass is 10.0. The number of hydrogen-bond donors (Lipinski definition) is 1. The van der Waals surface area contributed by atoms with Crippen LogP contribution in [-0.4, -0.2) is 27.1 Å². The third-order valence-electron chi connectivity index (χ3n) is 3.54. The monoisotopic (exact) mass is 316 g/mol. The van der Waals surface area contributed by atoms with Gasteiger partial charge in [0.05, 0.1) is 0 Å². The Kier molecular flexibility index (Phi) is 6.26. The number of pyridine rings is 1. The molecule has 0 aliphatic rings. The standard InChI is InChI=1S/C17H24N4O2/c1-12(2)6-7-13(3)19-15(22)8-9-16-20-17(21-23-16)14-5-4-10-18-11-14/h4-5,10-13H,6-9H2,1-3H3,(H,19,22)/t13-/m0/s1. The van der Waals surface area contributed by atoms with Crippen LogP contribution in [0.3, 0.4) is 0 Å². The van der Waals surface area contributed by atoms with Gasteiger partial charge in [-0.05, 0) is 37.8 Å². The number of aryl methyl sites for hydroxylation is 1. The van der Waals surface area contributed by atoms with E-state index in [9.17, 15) is 4.79 Å². The highest BCUT2D eigenvalue weighted by molar-refractivity contribution is 5.76. The number of rotatable bonds is 8. The molecule has 0 radical (unpaired) electrons. The van der Waals surface area contributed by atoms with Crippen molar-refractivity contribution in [3.63, 3.8) is 0 Å². The Bertz CT molecular complexity index is 610. The highest BCUT2D eigenvalue weighted by Crippen LogP contribution is 2.14. The molecule has 0 aromatic carbocycles. The SMILES string of the molecule is CC(C)CC[C@H](C)NC(=O)CCc1nc(-c2cccnc2)no1. The molecule has 0 aliphatic carbocycles. The second-order valence-electron chi connectivity index (χ2n) is 6.19. The Labute approximate surface area is 136 Å². The molecular formula is C17H24N4O2. The third kappa shape index (κ3) is 5.81. The van der Waals surface area contributed by atoms with Gasteiger partial charge in [-0.3, -0.25) is 9.78 Å². The zero-order valence-corrected chi connectivity index (χ0v) is 14.0. The van der Waals surface area contributed by atoms with Gasteiger partial charge in [0.2, 0.25) is 17.6 Å². The molecule has 0 bridgehead atoms. The Morgan fingerprint density at radius 2 is 2.13 bits per heavy atom. The van der Waals surface area contributed by atoms with Crippen molar-refractivity contribution in [2.75, 3.05) is 0 Å². The first-order chi connectivity index (χ1) is 11.0. The van der Waals surface area contributed by atoms with Gasteiger partial charge < -0.3 is 9.84 Å². The van der Waals surface area contributed by atoms with Gasteiger partial charge in [-0.25, -0.2) is 0 Å². The van der Waals surface area contributed by atoms with Crippen molar-refractivity contribution >= 4 is 5.91 Å². The van der Waals surface area contributed by atoms with Crippen LogP contribution in [0.25, 0.3) is 11.4 Å². The molecule has 1 amide bonds. The zero-order chi connectivity index (χ0) is 16.7. The fourth-order valence-electron chi connectivity index (χ4n) is 2.19. The summed E-state index contributed by atoms with van der Waals surface area (Å²) >= 11 is 0. The van der Waals surface area contributed by atoms with Crippen molar-refractivity contribution in [3.05, 3.63) is 30.4 Å². The first-order valence-electron chi connectivity index (χ1n) is 8.07. The smallest absolute Gasteiger partial charge is 0.227 e. The highest BCUT2D eigenvalue weighted by atomic mass is 16.5. The number of hydrogen-bond acceptors (Lipinski definition) is 5. The van der Waals surface area contributed by atoms with Gasteiger partial charge in [0.15, 0.2) is 0 Å². The first-order valence-corrected chi connectivity index (χ1v) is 8.07. The van der Waals surface area contributed by atoms with E-state index in [1.165, 1.54) is 0 Å². The van der Waals surface area contributed by atoms with E-state index in [0.717, 1.165) is 18.4 Å².